The SMILES string of the molecule is Oc1nc2nonc2nc1Nc1cccc(-c2ccc(OC(F)(F)F)cc2)c1. The van der Waals surface area contributed by atoms with Gasteiger partial charge in [-0.25, -0.2) is 4.63 Å². The molecule has 0 unspecified atom stereocenters. The van der Waals surface area contributed by atoms with E-state index in [1.165, 1.54) is 24.3 Å². The summed E-state index contributed by atoms with van der Waals surface area (Å²) < 4.78 is 45.1. The van der Waals surface area contributed by atoms with Crippen molar-refractivity contribution in [2.75, 3.05) is 5.32 Å². The Hall–Kier alpha value is -3.89. The minimum atomic E-state index is -4.74. The zero-order valence-corrected chi connectivity index (χ0v) is 13.8. The third-order valence-corrected chi connectivity index (χ3v) is 3.64. The number of fused-ring (bicyclic) bond motifs is 1. The van der Waals surface area contributed by atoms with E-state index in [1.807, 2.05) is 0 Å². The number of rotatable bonds is 4. The van der Waals surface area contributed by atoms with E-state index in [-0.39, 0.29) is 28.7 Å². The summed E-state index contributed by atoms with van der Waals surface area (Å²) in [5.41, 5.74) is 2.15. The summed E-state index contributed by atoms with van der Waals surface area (Å²) in [6, 6.07) is 12.4. The van der Waals surface area contributed by atoms with Gasteiger partial charge >= 0.3 is 6.36 Å². The van der Waals surface area contributed by atoms with Crippen LogP contribution in [0.3, 0.4) is 0 Å². The Kier molecular flexibility index (Phi) is 4.18. The number of ether oxygens (including phenoxy) is 1. The van der Waals surface area contributed by atoms with Gasteiger partial charge < -0.3 is 15.2 Å². The van der Waals surface area contributed by atoms with E-state index in [0.717, 1.165) is 5.56 Å². The second-order valence-electron chi connectivity index (χ2n) is 5.59. The van der Waals surface area contributed by atoms with Gasteiger partial charge in [-0.15, -0.1) is 13.2 Å². The summed E-state index contributed by atoms with van der Waals surface area (Å²) in [4.78, 5) is 7.87. The maximum Gasteiger partial charge on any atom is 0.573 e. The number of halogens is 3. The van der Waals surface area contributed by atoms with Crippen LogP contribution < -0.4 is 10.1 Å². The van der Waals surface area contributed by atoms with Crippen LogP contribution in [0, 0.1) is 0 Å². The van der Waals surface area contributed by atoms with Gasteiger partial charge in [-0.05, 0) is 45.7 Å². The van der Waals surface area contributed by atoms with Crippen molar-refractivity contribution in [3.63, 3.8) is 0 Å². The highest BCUT2D eigenvalue weighted by Crippen LogP contribution is 2.30. The molecule has 2 N–H and O–H groups in total. The summed E-state index contributed by atoms with van der Waals surface area (Å²) in [6.45, 7) is 0. The highest BCUT2D eigenvalue weighted by Gasteiger charge is 2.30. The number of aromatic hydroxyl groups is 1. The number of nitrogens with zero attached hydrogens (tertiary/aromatic N) is 4. The molecule has 0 atom stereocenters. The van der Waals surface area contributed by atoms with Crippen LogP contribution in [0.1, 0.15) is 0 Å². The topological polar surface area (TPSA) is 106 Å². The quantitative estimate of drug-likeness (QED) is 0.539. The first kappa shape index (κ1) is 17.5. The Bertz CT molecular complexity index is 1130. The van der Waals surface area contributed by atoms with Crippen molar-refractivity contribution in [2.24, 2.45) is 0 Å². The van der Waals surface area contributed by atoms with E-state index >= 15 is 0 Å². The van der Waals surface area contributed by atoms with Crippen LogP contribution in [-0.2, 0) is 0 Å². The molecule has 11 heteroatoms. The van der Waals surface area contributed by atoms with Crippen LogP contribution in [0.5, 0.6) is 11.6 Å². The third kappa shape index (κ3) is 3.77. The van der Waals surface area contributed by atoms with Crippen molar-refractivity contribution < 1.29 is 27.6 Å². The molecule has 0 aliphatic heterocycles. The fraction of sp³-hybridized carbons (Fsp3) is 0.0588. The largest absolute Gasteiger partial charge is 0.573 e. The molecule has 0 fully saturated rings. The molecule has 0 spiro atoms. The molecule has 2 aromatic carbocycles. The van der Waals surface area contributed by atoms with Crippen LogP contribution >= 0.6 is 0 Å². The van der Waals surface area contributed by atoms with Gasteiger partial charge in [-0.2, -0.15) is 9.97 Å². The Morgan fingerprint density at radius 1 is 0.929 bits per heavy atom. The van der Waals surface area contributed by atoms with Crippen LogP contribution in [-0.4, -0.2) is 31.8 Å². The molecular weight excluding hydrogens is 379 g/mol. The minimum absolute atomic E-state index is 0.0503. The summed E-state index contributed by atoms with van der Waals surface area (Å²) in [6.07, 6.45) is -4.74. The molecule has 0 aliphatic carbocycles. The fourth-order valence-corrected chi connectivity index (χ4v) is 2.48. The predicted octanol–water partition coefficient (Wildman–Crippen LogP) is 4.03. The van der Waals surface area contributed by atoms with Gasteiger partial charge in [0.25, 0.3) is 5.88 Å². The van der Waals surface area contributed by atoms with E-state index in [1.54, 1.807) is 24.3 Å². The summed E-state index contributed by atoms with van der Waals surface area (Å²) in [5.74, 6) is -0.642. The van der Waals surface area contributed by atoms with E-state index in [4.69, 9.17) is 0 Å². The lowest BCUT2D eigenvalue weighted by atomic mass is 10.1. The van der Waals surface area contributed by atoms with Crippen molar-refractivity contribution in [3.05, 3.63) is 48.5 Å². The lowest BCUT2D eigenvalue weighted by molar-refractivity contribution is -0.274. The van der Waals surface area contributed by atoms with Crippen LogP contribution in [0.4, 0.5) is 24.7 Å². The molecule has 0 saturated heterocycles. The number of anilines is 2. The zero-order valence-electron chi connectivity index (χ0n) is 13.8. The van der Waals surface area contributed by atoms with Crippen LogP contribution in [0.15, 0.2) is 53.2 Å². The Morgan fingerprint density at radius 2 is 1.64 bits per heavy atom. The molecular formula is C17H10F3N5O3. The number of alkyl halides is 3. The molecule has 4 rings (SSSR count). The van der Waals surface area contributed by atoms with E-state index in [0.29, 0.717) is 11.3 Å². The standard InChI is InChI=1S/C17H10F3N5O3/c18-17(19,20)27-12-6-4-9(5-7-12)10-2-1-3-11(8-10)21-15-16(26)23-14-13(22-15)24-28-25-14/h1-8H,(H,21,22,24)(H,23,25,26). The molecule has 0 amide bonds. The van der Waals surface area contributed by atoms with Crippen molar-refractivity contribution >= 4 is 22.8 Å². The van der Waals surface area contributed by atoms with E-state index < -0.39 is 6.36 Å². The van der Waals surface area contributed by atoms with Gasteiger partial charge in [0.15, 0.2) is 5.82 Å². The highest BCUT2D eigenvalue weighted by atomic mass is 19.4. The van der Waals surface area contributed by atoms with Gasteiger partial charge in [-0.1, -0.05) is 24.3 Å². The molecule has 8 nitrogen and oxygen atoms in total. The first-order valence-electron chi connectivity index (χ1n) is 7.80. The minimum Gasteiger partial charge on any atom is -0.491 e. The maximum atomic E-state index is 12.3. The number of nitrogens with one attached hydrogen (secondary N) is 1. The third-order valence-electron chi connectivity index (χ3n) is 3.64. The maximum absolute atomic E-state index is 12.3. The Morgan fingerprint density at radius 3 is 2.36 bits per heavy atom. The Labute approximate surface area is 154 Å². The van der Waals surface area contributed by atoms with Crippen molar-refractivity contribution in [1.29, 1.82) is 0 Å². The lowest BCUT2D eigenvalue weighted by Crippen LogP contribution is -2.16. The predicted molar refractivity (Wildman–Crippen MR) is 90.9 cm³/mol. The van der Waals surface area contributed by atoms with Gasteiger partial charge in [0.05, 0.1) is 0 Å². The number of benzene rings is 2. The summed E-state index contributed by atoms with van der Waals surface area (Å²) in [5, 5.41) is 19.9. The van der Waals surface area contributed by atoms with Crippen LogP contribution in [0.25, 0.3) is 22.4 Å². The molecule has 2 heterocycles. The summed E-state index contributed by atoms with van der Waals surface area (Å²) >= 11 is 0. The number of aromatic nitrogens is 4. The number of hydrogen-bond acceptors (Lipinski definition) is 8. The summed E-state index contributed by atoms with van der Waals surface area (Å²) in [7, 11) is 0. The fourth-order valence-electron chi connectivity index (χ4n) is 2.48. The molecule has 0 radical (unpaired) electrons. The van der Waals surface area contributed by atoms with Crippen molar-refractivity contribution in [2.45, 2.75) is 6.36 Å². The van der Waals surface area contributed by atoms with E-state index in [2.05, 4.69) is 35.0 Å². The van der Waals surface area contributed by atoms with Gasteiger partial charge in [0.2, 0.25) is 11.3 Å². The molecule has 4 aromatic rings. The van der Waals surface area contributed by atoms with Crippen molar-refractivity contribution in [1.82, 2.24) is 20.3 Å². The molecule has 0 bridgehead atoms. The molecule has 0 saturated carbocycles. The first-order valence-corrected chi connectivity index (χ1v) is 7.80. The van der Waals surface area contributed by atoms with Gasteiger partial charge in [-0.3, -0.25) is 0 Å². The first-order chi connectivity index (χ1) is 13.4. The molecule has 142 valence electrons. The highest BCUT2D eigenvalue weighted by molar-refractivity contribution is 5.74. The monoisotopic (exact) mass is 389 g/mol. The number of hydrogen-bond donors (Lipinski definition) is 2. The second-order valence-corrected chi connectivity index (χ2v) is 5.59. The molecule has 28 heavy (non-hydrogen) atoms. The van der Waals surface area contributed by atoms with Gasteiger partial charge in [0.1, 0.15) is 5.75 Å². The van der Waals surface area contributed by atoms with Crippen LogP contribution in [0.2, 0.25) is 0 Å². The Balaban J connectivity index is 1.58. The molecule has 0 aliphatic rings. The zero-order chi connectivity index (χ0) is 19.7. The van der Waals surface area contributed by atoms with Crippen molar-refractivity contribution in [3.8, 4) is 22.8 Å². The smallest absolute Gasteiger partial charge is 0.491 e. The lowest BCUT2D eigenvalue weighted by Gasteiger charge is -2.10. The van der Waals surface area contributed by atoms with E-state index in [9.17, 15) is 18.3 Å². The average molecular weight is 389 g/mol. The molecule has 2 aromatic heterocycles. The average Bonchev–Trinajstić information content (AvgIpc) is 3.09. The second kappa shape index (κ2) is 6.68. The normalized spacial score (nSPS) is 11.5. The van der Waals surface area contributed by atoms with Gasteiger partial charge in [0, 0.05) is 5.69 Å².